The average Bonchev–Trinajstić information content (AvgIpc) is 2.72. The summed E-state index contributed by atoms with van der Waals surface area (Å²) < 4.78 is 4.72. The van der Waals surface area contributed by atoms with E-state index in [2.05, 4.69) is 17.2 Å². The molecule has 0 heterocycles. The summed E-state index contributed by atoms with van der Waals surface area (Å²) in [6, 6.07) is 27.4. The molecule has 0 N–H and O–H groups in total. The number of carbonyl (C=O) groups is 1. The number of hydrogen-bond acceptors (Lipinski definition) is 4. The van der Waals surface area contributed by atoms with E-state index >= 15 is 0 Å². The third kappa shape index (κ3) is 4.57. The highest BCUT2D eigenvalue weighted by Gasteiger charge is 2.06. The van der Waals surface area contributed by atoms with Crippen LogP contribution in [0.4, 0.5) is 5.69 Å². The van der Waals surface area contributed by atoms with Crippen molar-refractivity contribution in [2.75, 3.05) is 12.1 Å². The molecule has 3 aromatic carbocycles. The molecule has 0 aromatic heterocycles. The Morgan fingerprint density at radius 1 is 0.923 bits per heavy atom. The normalized spacial score (nSPS) is 10.7. The van der Waals surface area contributed by atoms with Crippen LogP contribution < -0.4 is 5.01 Å². The minimum Gasteiger partial charge on any atom is -0.465 e. The lowest BCUT2D eigenvalue weighted by Gasteiger charge is -2.19. The quantitative estimate of drug-likeness (QED) is 0.375. The third-order valence-corrected chi connectivity index (χ3v) is 3.91. The molecule has 0 fully saturated rings. The molecule has 0 unspecified atom stereocenters. The number of rotatable bonds is 6. The van der Waals surface area contributed by atoms with Crippen LogP contribution in [0.2, 0.25) is 0 Å². The van der Waals surface area contributed by atoms with Crippen molar-refractivity contribution in [3.05, 3.63) is 102 Å². The van der Waals surface area contributed by atoms with Gasteiger partial charge < -0.3 is 4.74 Å². The predicted molar refractivity (Wildman–Crippen MR) is 104 cm³/mol. The predicted octanol–water partition coefficient (Wildman–Crippen LogP) is 4.51. The number of methoxy groups -OCH3 is 1. The molecule has 0 saturated carbocycles. The topological polar surface area (TPSA) is 41.9 Å². The van der Waals surface area contributed by atoms with Gasteiger partial charge in [-0.3, -0.25) is 5.01 Å². The molecule has 0 bridgehead atoms. The zero-order valence-electron chi connectivity index (χ0n) is 14.6. The Balaban J connectivity index is 1.81. The van der Waals surface area contributed by atoms with Gasteiger partial charge in [0.05, 0.1) is 31.1 Å². The highest BCUT2D eigenvalue weighted by atomic mass is 16.5. The fourth-order valence-electron chi connectivity index (χ4n) is 2.51. The van der Waals surface area contributed by atoms with Crippen molar-refractivity contribution in [1.29, 1.82) is 0 Å². The van der Waals surface area contributed by atoms with Gasteiger partial charge in [-0.05, 0) is 35.4 Å². The molecule has 4 heteroatoms. The Morgan fingerprint density at radius 2 is 1.54 bits per heavy atom. The van der Waals surface area contributed by atoms with E-state index < -0.39 is 0 Å². The van der Waals surface area contributed by atoms with Crippen molar-refractivity contribution in [3.8, 4) is 0 Å². The van der Waals surface area contributed by atoms with Crippen LogP contribution in [0.3, 0.4) is 0 Å². The zero-order chi connectivity index (χ0) is 18.2. The van der Waals surface area contributed by atoms with E-state index in [9.17, 15) is 4.79 Å². The van der Waals surface area contributed by atoms with Crippen LogP contribution in [0.1, 0.15) is 21.5 Å². The Labute approximate surface area is 153 Å². The Hall–Kier alpha value is -3.40. The van der Waals surface area contributed by atoms with Gasteiger partial charge in [0, 0.05) is 0 Å². The van der Waals surface area contributed by atoms with Gasteiger partial charge in [0.15, 0.2) is 0 Å². The van der Waals surface area contributed by atoms with Crippen LogP contribution in [0, 0.1) is 0 Å². The van der Waals surface area contributed by atoms with Crippen molar-refractivity contribution in [2.45, 2.75) is 6.54 Å². The van der Waals surface area contributed by atoms with Gasteiger partial charge in [-0.25, -0.2) is 4.79 Å². The molecule has 3 aromatic rings. The molecular weight excluding hydrogens is 324 g/mol. The number of nitrogens with zero attached hydrogens (tertiary/aromatic N) is 2. The van der Waals surface area contributed by atoms with Crippen molar-refractivity contribution >= 4 is 17.9 Å². The third-order valence-electron chi connectivity index (χ3n) is 3.91. The first-order valence-electron chi connectivity index (χ1n) is 8.35. The average molecular weight is 344 g/mol. The molecule has 0 aliphatic rings. The summed E-state index contributed by atoms with van der Waals surface area (Å²) in [5.41, 5.74) is 3.62. The summed E-state index contributed by atoms with van der Waals surface area (Å²) in [4.78, 5) is 11.5. The molecule has 0 amide bonds. The van der Waals surface area contributed by atoms with Crippen LogP contribution >= 0.6 is 0 Å². The largest absolute Gasteiger partial charge is 0.465 e. The van der Waals surface area contributed by atoms with Gasteiger partial charge in [-0.2, -0.15) is 5.10 Å². The first-order valence-corrected chi connectivity index (χ1v) is 8.35. The lowest BCUT2D eigenvalue weighted by Crippen LogP contribution is -2.16. The van der Waals surface area contributed by atoms with E-state index in [1.54, 1.807) is 18.3 Å². The SMILES string of the molecule is COC(=O)c1ccc(/C=N\N(Cc2ccccc2)c2ccccc2)cc1. The van der Waals surface area contributed by atoms with Gasteiger partial charge >= 0.3 is 5.97 Å². The highest BCUT2D eigenvalue weighted by molar-refractivity contribution is 5.90. The molecule has 4 nitrogen and oxygen atoms in total. The van der Waals surface area contributed by atoms with Crippen molar-refractivity contribution < 1.29 is 9.53 Å². The van der Waals surface area contributed by atoms with E-state index in [0.717, 1.165) is 11.3 Å². The second-order valence-corrected chi connectivity index (χ2v) is 5.74. The number of esters is 1. The fraction of sp³-hybridized carbons (Fsp3) is 0.0909. The summed E-state index contributed by atoms with van der Waals surface area (Å²) in [5, 5.41) is 6.59. The Morgan fingerprint density at radius 3 is 2.15 bits per heavy atom. The summed E-state index contributed by atoms with van der Waals surface area (Å²) in [6.45, 7) is 0.668. The van der Waals surface area contributed by atoms with Gasteiger partial charge in [0.2, 0.25) is 0 Å². The second-order valence-electron chi connectivity index (χ2n) is 5.74. The fourth-order valence-corrected chi connectivity index (χ4v) is 2.51. The van der Waals surface area contributed by atoms with E-state index in [1.165, 1.54) is 12.7 Å². The number of para-hydroxylation sites is 1. The maximum atomic E-state index is 11.5. The Kier molecular flexibility index (Phi) is 5.78. The van der Waals surface area contributed by atoms with Crippen molar-refractivity contribution in [3.63, 3.8) is 0 Å². The van der Waals surface area contributed by atoms with E-state index in [0.29, 0.717) is 12.1 Å². The maximum Gasteiger partial charge on any atom is 0.337 e. The lowest BCUT2D eigenvalue weighted by atomic mass is 10.1. The number of carbonyl (C=O) groups excluding carboxylic acids is 1. The molecule has 26 heavy (non-hydrogen) atoms. The molecule has 0 spiro atoms. The molecule has 3 rings (SSSR count). The second kappa shape index (κ2) is 8.62. The zero-order valence-corrected chi connectivity index (χ0v) is 14.6. The Bertz CT molecular complexity index is 860. The number of benzene rings is 3. The van der Waals surface area contributed by atoms with Gasteiger partial charge in [-0.15, -0.1) is 0 Å². The molecule has 0 radical (unpaired) electrons. The standard InChI is InChI=1S/C22H20N2O2/c1-26-22(25)20-14-12-18(13-15-20)16-23-24(21-10-6-3-7-11-21)17-19-8-4-2-5-9-19/h2-16H,17H2,1H3/b23-16-. The monoisotopic (exact) mass is 344 g/mol. The number of ether oxygens (including phenoxy) is 1. The van der Waals surface area contributed by atoms with Crippen LogP contribution in [0.25, 0.3) is 0 Å². The van der Waals surface area contributed by atoms with Crippen LogP contribution in [-0.4, -0.2) is 19.3 Å². The smallest absolute Gasteiger partial charge is 0.337 e. The number of hydrazone groups is 1. The van der Waals surface area contributed by atoms with E-state index in [4.69, 9.17) is 4.74 Å². The molecule has 0 saturated heterocycles. The van der Waals surface area contributed by atoms with Crippen LogP contribution in [0.15, 0.2) is 90.0 Å². The van der Waals surface area contributed by atoms with E-state index in [-0.39, 0.29) is 5.97 Å². The molecular formula is C22H20N2O2. The van der Waals surface area contributed by atoms with Gasteiger partial charge in [0.25, 0.3) is 0 Å². The first-order chi connectivity index (χ1) is 12.8. The number of hydrogen-bond donors (Lipinski definition) is 0. The van der Waals surface area contributed by atoms with Crippen LogP contribution in [-0.2, 0) is 11.3 Å². The summed E-state index contributed by atoms with van der Waals surface area (Å²) in [6.07, 6.45) is 1.79. The van der Waals surface area contributed by atoms with Crippen LogP contribution in [0.5, 0.6) is 0 Å². The van der Waals surface area contributed by atoms with Gasteiger partial charge in [-0.1, -0.05) is 60.7 Å². The van der Waals surface area contributed by atoms with Crippen molar-refractivity contribution in [2.24, 2.45) is 5.10 Å². The molecule has 130 valence electrons. The molecule has 0 aliphatic heterocycles. The number of anilines is 1. The summed E-state index contributed by atoms with van der Waals surface area (Å²) in [7, 11) is 1.37. The maximum absolute atomic E-state index is 11.5. The summed E-state index contributed by atoms with van der Waals surface area (Å²) >= 11 is 0. The molecule has 0 aliphatic carbocycles. The molecule has 0 atom stereocenters. The van der Waals surface area contributed by atoms with Gasteiger partial charge in [0.1, 0.15) is 0 Å². The minimum atomic E-state index is -0.344. The van der Waals surface area contributed by atoms with Crippen molar-refractivity contribution in [1.82, 2.24) is 0 Å². The first kappa shape index (κ1) is 17.4. The lowest BCUT2D eigenvalue weighted by molar-refractivity contribution is 0.0600. The highest BCUT2D eigenvalue weighted by Crippen LogP contribution is 2.17. The van der Waals surface area contributed by atoms with E-state index in [1.807, 2.05) is 65.7 Å². The minimum absolute atomic E-state index is 0.344. The summed E-state index contributed by atoms with van der Waals surface area (Å²) in [5.74, 6) is -0.344.